The summed E-state index contributed by atoms with van der Waals surface area (Å²) >= 11 is 0. The van der Waals surface area contributed by atoms with Crippen LogP contribution in [0.25, 0.3) is 0 Å². The maximum Gasteiger partial charge on any atom is 0.336 e. The van der Waals surface area contributed by atoms with E-state index in [2.05, 4.69) is 10.3 Å². The van der Waals surface area contributed by atoms with Crippen molar-refractivity contribution < 1.29 is 19.1 Å². The van der Waals surface area contributed by atoms with E-state index in [0.717, 1.165) is 22.7 Å². The van der Waals surface area contributed by atoms with Crippen molar-refractivity contribution in [2.75, 3.05) is 7.11 Å². The number of ether oxygens (including phenoxy) is 2. The summed E-state index contributed by atoms with van der Waals surface area (Å²) in [5.74, 6) is 1.14. The molecule has 0 saturated heterocycles. The molecule has 30 heavy (non-hydrogen) atoms. The van der Waals surface area contributed by atoms with E-state index in [4.69, 9.17) is 9.47 Å². The number of allylic oxidation sites excluding steroid dienone is 3. The summed E-state index contributed by atoms with van der Waals surface area (Å²) in [6.07, 6.45) is 4.85. The molecule has 0 saturated carbocycles. The number of Topliss-reactive ketones (excluding diaryl/α,β-unsaturated/α-hetero) is 1. The van der Waals surface area contributed by atoms with E-state index in [0.29, 0.717) is 36.2 Å². The average molecular weight is 407 g/mol. The number of aromatic nitrogens is 2. The highest BCUT2D eigenvalue weighted by atomic mass is 16.5. The molecule has 1 aromatic heterocycles. The van der Waals surface area contributed by atoms with Gasteiger partial charge in [0, 0.05) is 55.2 Å². The molecule has 1 N–H and O–H groups in total. The van der Waals surface area contributed by atoms with Gasteiger partial charge in [-0.1, -0.05) is 18.2 Å². The second kappa shape index (κ2) is 8.18. The number of ketones is 1. The van der Waals surface area contributed by atoms with Gasteiger partial charge in [-0.05, 0) is 25.0 Å². The minimum absolute atomic E-state index is 0.0459. The zero-order valence-electron chi connectivity index (χ0n) is 17.4. The Morgan fingerprint density at radius 1 is 1.30 bits per heavy atom. The molecule has 0 amide bonds. The van der Waals surface area contributed by atoms with Crippen molar-refractivity contribution in [1.29, 1.82) is 0 Å². The Hall–Kier alpha value is -3.35. The fourth-order valence-corrected chi connectivity index (χ4v) is 4.10. The molecule has 0 radical (unpaired) electrons. The Bertz CT molecular complexity index is 1060. The molecule has 0 spiro atoms. The van der Waals surface area contributed by atoms with Gasteiger partial charge in [-0.3, -0.25) is 4.79 Å². The molecule has 0 bridgehead atoms. The van der Waals surface area contributed by atoms with Crippen LogP contribution in [-0.2, 0) is 28.0 Å². The van der Waals surface area contributed by atoms with Gasteiger partial charge in [-0.15, -0.1) is 0 Å². The molecule has 156 valence electrons. The molecule has 2 heterocycles. The molecule has 1 aromatic carbocycles. The van der Waals surface area contributed by atoms with Crippen LogP contribution in [0.4, 0.5) is 0 Å². The summed E-state index contributed by atoms with van der Waals surface area (Å²) in [5, 5.41) is 3.30. The summed E-state index contributed by atoms with van der Waals surface area (Å²) in [5.41, 5.74) is 3.82. The van der Waals surface area contributed by atoms with Crippen molar-refractivity contribution in [2.45, 2.75) is 38.7 Å². The van der Waals surface area contributed by atoms with Gasteiger partial charge < -0.3 is 19.4 Å². The first kappa shape index (κ1) is 19.9. The molecule has 0 unspecified atom stereocenters. The van der Waals surface area contributed by atoms with E-state index < -0.39 is 5.97 Å². The van der Waals surface area contributed by atoms with E-state index in [1.165, 1.54) is 0 Å². The summed E-state index contributed by atoms with van der Waals surface area (Å²) < 4.78 is 12.7. The standard InChI is InChI=1S/C23H25N3O4/c1-14-17(23(28)30-13-22-24-8-9-26(22)2)12-18-19(25-14)10-15(11-20(18)27)16-6-4-5-7-21(16)29-3/h4-9,15,25H,10-13H2,1-3H3/t15-/m1/s1. The van der Waals surface area contributed by atoms with Gasteiger partial charge in [0.2, 0.25) is 0 Å². The third-order valence-corrected chi connectivity index (χ3v) is 5.81. The topological polar surface area (TPSA) is 82.4 Å². The number of benzene rings is 1. The number of carbonyl (C=O) groups is 2. The predicted octanol–water partition coefficient (Wildman–Crippen LogP) is 3.14. The number of nitrogens with one attached hydrogen (secondary N) is 1. The van der Waals surface area contributed by atoms with Gasteiger partial charge in [0.05, 0.1) is 12.7 Å². The number of esters is 1. The second-order valence-corrected chi connectivity index (χ2v) is 7.66. The number of methoxy groups -OCH3 is 1. The molecular weight excluding hydrogens is 382 g/mol. The second-order valence-electron chi connectivity index (χ2n) is 7.66. The third-order valence-electron chi connectivity index (χ3n) is 5.81. The number of hydrogen-bond donors (Lipinski definition) is 1. The lowest BCUT2D eigenvalue weighted by atomic mass is 9.78. The Labute approximate surface area is 175 Å². The zero-order valence-corrected chi connectivity index (χ0v) is 17.4. The third kappa shape index (κ3) is 3.75. The molecule has 7 nitrogen and oxygen atoms in total. The largest absolute Gasteiger partial charge is 0.496 e. The van der Waals surface area contributed by atoms with Crippen molar-refractivity contribution in [1.82, 2.24) is 14.9 Å². The number of dihydropyridines is 1. The Kier molecular flexibility index (Phi) is 5.44. The van der Waals surface area contributed by atoms with E-state index in [1.807, 2.05) is 38.2 Å². The van der Waals surface area contributed by atoms with Gasteiger partial charge in [0.1, 0.15) is 18.2 Å². The normalized spacial score (nSPS) is 18.8. The molecule has 0 fully saturated rings. The van der Waals surface area contributed by atoms with Crippen molar-refractivity contribution in [3.63, 3.8) is 0 Å². The highest BCUT2D eigenvalue weighted by Gasteiger charge is 2.34. The molecule has 1 aliphatic heterocycles. The summed E-state index contributed by atoms with van der Waals surface area (Å²) in [4.78, 5) is 29.8. The molecule has 1 aliphatic carbocycles. The van der Waals surface area contributed by atoms with Crippen LogP contribution in [0.15, 0.2) is 59.2 Å². The highest BCUT2D eigenvalue weighted by Crippen LogP contribution is 2.41. The van der Waals surface area contributed by atoms with E-state index >= 15 is 0 Å². The minimum Gasteiger partial charge on any atom is -0.496 e. The molecule has 1 atom stereocenters. The van der Waals surface area contributed by atoms with Crippen LogP contribution in [0.2, 0.25) is 0 Å². The van der Waals surface area contributed by atoms with Gasteiger partial charge in [-0.25, -0.2) is 9.78 Å². The lowest BCUT2D eigenvalue weighted by Crippen LogP contribution is -2.31. The van der Waals surface area contributed by atoms with E-state index in [1.54, 1.807) is 24.1 Å². The van der Waals surface area contributed by atoms with Crippen LogP contribution < -0.4 is 10.1 Å². The number of para-hydroxylation sites is 1. The SMILES string of the molecule is COc1ccccc1[C@H]1CC(=O)C2=C(C1)NC(C)=C(C(=O)OCc1nccn1C)C2. The van der Waals surface area contributed by atoms with Crippen LogP contribution >= 0.6 is 0 Å². The van der Waals surface area contributed by atoms with Crippen LogP contribution in [0, 0.1) is 0 Å². The summed E-state index contributed by atoms with van der Waals surface area (Å²) in [7, 11) is 3.49. The van der Waals surface area contributed by atoms with Gasteiger partial charge in [0.25, 0.3) is 0 Å². The van der Waals surface area contributed by atoms with Crippen molar-refractivity contribution in [2.24, 2.45) is 7.05 Å². The van der Waals surface area contributed by atoms with E-state index in [-0.39, 0.29) is 18.3 Å². The molecule has 4 rings (SSSR count). The number of imidazole rings is 1. The first-order valence-corrected chi connectivity index (χ1v) is 9.96. The summed E-state index contributed by atoms with van der Waals surface area (Å²) in [6.45, 7) is 1.94. The maximum atomic E-state index is 12.9. The van der Waals surface area contributed by atoms with E-state index in [9.17, 15) is 9.59 Å². The predicted molar refractivity (Wildman–Crippen MR) is 110 cm³/mol. The molecular formula is C23H25N3O4. The fraction of sp³-hybridized carbons (Fsp3) is 0.348. The Balaban J connectivity index is 1.49. The fourth-order valence-electron chi connectivity index (χ4n) is 4.10. The Morgan fingerprint density at radius 3 is 2.83 bits per heavy atom. The maximum absolute atomic E-state index is 12.9. The minimum atomic E-state index is -0.422. The Morgan fingerprint density at radius 2 is 2.10 bits per heavy atom. The quantitative estimate of drug-likeness (QED) is 0.767. The monoisotopic (exact) mass is 407 g/mol. The van der Waals surface area contributed by atoms with Crippen molar-refractivity contribution in [3.8, 4) is 5.75 Å². The number of hydrogen-bond acceptors (Lipinski definition) is 6. The number of aryl methyl sites for hydroxylation is 1. The van der Waals surface area contributed by atoms with Crippen LogP contribution in [-0.4, -0.2) is 28.4 Å². The van der Waals surface area contributed by atoms with Crippen molar-refractivity contribution in [3.05, 3.63) is 70.6 Å². The average Bonchev–Trinajstić information content (AvgIpc) is 3.16. The first-order valence-electron chi connectivity index (χ1n) is 9.96. The lowest BCUT2D eigenvalue weighted by Gasteiger charge is -2.32. The van der Waals surface area contributed by atoms with Crippen molar-refractivity contribution >= 4 is 11.8 Å². The number of carbonyl (C=O) groups excluding carboxylic acids is 2. The van der Waals surface area contributed by atoms with Crippen LogP contribution in [0.3, 0.4) is 0 Å². The molecule has 2 aliphatic rings. The van der Waals surface area contributed by atoms with Gasteiger partial charge in [-0.2, -0.15) is 0 Å². The first-order chi connectivity index (χ1) is 14.5. The highest BCUT2D eigenvalue weighted by molar-refractivity contribution is 6.01. The van der Waals surface area contributed by atoms with Gasteiger partial charge >= 0.3 is 5.97 Å². The molecule has 7 heteroatoms. The smallest absolute Gasteiger partial charge is 0.336 e. The zero-order chi connectivity index (χ0) is 21.3. The number of nitrogens with zero attached hydrogens (tertiary/aromatic N) is 2. The van der Waals surface area contributed by atoms with Crippen LogP contribution in [0.1, 0.15) is 43.5 Å². The lowest BCUT2D eigenvalue weighted by molar-refractivity contribution is -0.140. The number of rotatable bonds is 5. The van der Waals surface area contributed by atoms with Gasteiger partial charge in [0.15, 0.2) is 5.78 Å². The van der Waals surface area contributed by atoms with Crippen LogP contribution in [0.5, 0.6) is 5.75 Å². The summed E-state index contributed by atoms with van der Waals surface area (Å²) in [6, 6.07) is 7.81. The molecule has 2 aromatic rings.